The third kappa shape index (κ3) is 4.11. The van der Waals surface area contributed by atoms with E-state index in [-0.39, 0.29) is 12.4 Å². The summed E-state index contributed by atoms with van der Waals surface area (Å²) < 4.78 is 17.0. The minimum atomic E-state index is -0.0940. The van der Waals surface area contributed by atoms with Gasteiger partial charge in [-0.1, -0.05) is 0 Å². The molecule has 3 heterocycles. The molecule has 29 heavy (non-hydrogen) atoms. The van der Waals surface area contributed by atoms with Crippen LogP contribution >= 0.6 is 0 Å². The van der Waals surface area contributed by atoms with Gasteiger partial charge in [0.05, 0.1) is 32.6 Å². The number of allylic oxidation sites excluding steroid dienone is 1. The Kier molecular flexibility index (Phi) is 5.78. The molecule has 0 bridgehead atoms. The molecule has 2 aliphatic rings. The molecular weight excluding hydrogens is 368 g/mol. The maximum Gasteiger partial charge on any atom is 0.178 e. The van der Waals surface area contributed by atoms with E-state index in [1.807, 2.05) is 43.5 Å². The number of rotatable bonds is 5. The molecule has 0 saturated carbocycles. The molecule has 2 aromatic rings. The molecule has 2 unspecified atom stereocenters. The first-order valence-corrected chi connectivity index (χ1v) is 9.65. The van der Waals surface area contributed by atoms with Crippen molar-refractivity contribution in [1.82, 2.24) is 14.8 Å². The molecular formula is C22H26N4O3. The maximum absolute atomic E-state index is 6.09. The van der Waals surface area contributed by atoms with Gasteiger partial charge in [0, 0.05) is 55.9 Å². The summed E-state index contributed by atoms with van der Waals surface area (Å²) in [6.07, 6.45) is 7.52. The molecule has 1 fully saturated rings. The highest BCUT2D eigenvalue weighted by Gasteiger charge is 2.31. The highest BCUT2D eigenvalue weighted by atomic mass is 16.5. The van der Waals surface area contributed by atoms with E-state index in [2.05, 4.69) is 21.0 Å². The lowest BCUT2D eigenvalue weighted by Gasteiger charge is -2.41. The molecule has 152 valence electrons. The molecule has 2 atom stereocenters. The van der Waals surface area contributed by atoms with Crippen LogP contribution in [0.2, 0.25) is 0 Å². The number of aromatic nitrogens is 1. The summed E-state index contributed by atoms with van der Waals surface area (Å²) in [5.74, 6) is 1.54. The lowest BCUT2D eigenvalue weighted by Crippen LogP contribution is -2.50. The number of morpholine rings is 1. The van der Waals surface area contributed by atoms with Crippen molar-refractivity contribution in [2.24, 2.45) is 4.99 Å². The molecule has 0 aliphatic carbocycles. The second kappa shape index (κ2) is 8.63. The lowest BCUT2D eigenvalue weighted by molar-refractivity contribution is -0.0639. The van der Waals surface area contributed by atoms with Gasteiger partial charge in [-0.25, -0.2) is 4.99 Å². The highest BCUT2D eigenvalue weighted by Crippen LogP contribution is 2.34. The summed E-state index contributed by atoms with van der Waals surface area (Å²) >= 11 is 0. The fourth-order valence-electron chi connectivity index (χ4n) is 3.71. The van der Waals surface area contributed by atoms with Crippen molar-refractivity contribution >= 4 is 5.71 Å². The normalized spacial score (nSPS) is 22.3. The predicted octanol–water partition coefficient (Wildman–Crippen LogP) is 2.70. The van der Waals surface area contributed by atoms with E-state index in [0.717, 1.165) is 41.4 Å². The van der Waals surface area contributed by atoms with Gasteiger partial charge in [-0.05, 0) is 30.3 Å². The topological polar surface area (TPSA) is 59.4 Å². The van der Waals surface area contributed by atoms with E-state index in [0.29, 0.717) is 6.61 Å². The number of nitrogens with zero attached hydrogens (tertiary/aromatic N) is 4. The van der Waals surface area contributed by atoms with Crippen LogP contribution in [-0.4, -0.2) is 67.7 Å². The quantitative estimate of drug-likeness (QED) is 0.777. The van der Waals surface area contributed by atoms with Gasteiger partial charge in [0.15, 0.2) is 6.29 Å². The van der Waals surface area contributed by atoms with E-state index < -0.39 is 0 Å². The smallest absolute Gasteiger partial charge is 0.178 e. The zero-order chi connectivity index (χ0) is 20.2. The molecule has 1 saturated heterocycles. The van der Waals surface area contributed by atoms with Crippen molar-refractivity contribution in [2.45, 2.75) is 12.4 Å². The molecule has 7 nitrogen and oxygen atoms in total. The van der Waals surface area contributed by atoms with Crippen molar-refractivity contribution in [3.05, 3.63) is 66.1 Å². The van der Waals surface area contributed by atoms with Gasteiger partial charge in [-0.15, -0.1) is 0 Å². The number of methoxy groups -OCH3 is 2. The van der Waals surface area contributed by atoms with Gasteiger partial charge < -0.3 is 19.1 Å². The molecule has 0 amide bonds. The fraction of sp³-hybridized carbons (Fsp3) is 0.364. The van der Waals surface area contributed by atoms with Gasteiger partial charge in [0.1, 0.15) is 11.5 Å². The summed E-state index contributed by atoms with van der Waals surface area (Å²) in [6, 6.07) is 9.82. The Balaban J connectivity index is 1.56. The Morgan fingerprint density at radius 3 is 2.69 bits per heavy atom. The molecule has 1 aromatic heterocycles. The molecule has 1 aromatic carbocycles. The molecule has 0 radical (unpaired) electrons. The first-order chi connectivity index (χ1) is 14.2. The van der Waals surface area contributed by atoms with Crippen LogP contribution in [0, 0.1) is 0 Å². The van der Waals surface area contributed by atoms with E-state index in [1.165, 1.54) is 0 Å². The van der Waals surface area contributed by atoms with Gasteiger partial charge >= 0.3 is 0 Å². The first kappa shape index (κ1) is 19.4. The maximum atomic E-state index is 6.09. The average Bonchev–Trinajstić information content (AvgIpc) is 2.79. The monoisotopic (exact) mass is 394 g/mol. The van der Waals surface area contributed by atoms with Crippen molar-refractivity contribution in [3.63, 3.8) is 0 Å². The predicted molar refractivity (Wildman–Crippen MR) is 111 cm³/mol. The summed E-state index contributed by atoms with van der Waals surface area (Å²) in [6.45, 7) is 2.16. The van der Waals surface area contributed by atoms with Crippen LogP contribution in [0.3, 0.4) is 0 Å². The van der Waals surface area contributed by atoms with Crippen LogP contribution in [0.4, 0.5) is 0 Å². The van der Waals surface area contributed by atoms with Crippen LogP contribution in [0.25, 0.3) is 0 Å². The van der Waals surface area contributed by atoms with Gasteiger partial charge in [-0.3, -0.25) is 9.88 Å². The third-order valence-electron chi connectivity index (χ3n) is 5.27. The molecule has 2 aliphatic heterocycles. The number of ether oxygens (including phenoxy) is 3. The molecule has 0 spiro atoms. The van der Waals surface area contributed by atoms with Crippen LogP contribution in [-0.2, 0) is 4.74 Å². The van der Waals surface area contributed by atoms with E-state index in [4.69, 9.17) is 19.2 Å². The molecule has 4 rings (SSSR count). The van der Waals surface area contributed by atoms with Crippen LogP contribution in [0.1, 0.15) is 17.2 Å². The summed E-state index contributed by atoms with van der Waals surface area (Å²) in [5.41, 5.74) is 3.04. The number of aliphatic imine (C=N–C) groups is 1. The lowest BCUT2D eigenvalue weighted by atomic mass is 10.1. The van der Waals surface area contributed by atoms with E-state index in [9.17, 15) is 0 Å². The second-order valence-electron chi connectivity index (χ2n) is 7.04. The number of hydrogen-bond donors (Lipinski definition) is 0. The van der Waals surface area contributed by atoms with Crippen molar-refractivity contribution in [2.75, 3.05) is 41.0 Å². The highest BCUT2D eigenvalue weighted by molar-refractivity contribution is 6.08. The van der Waals surface area contributed by atoms with Gasteiger partial charge in [-0.2, -0.15) is 0 Å². The zero-order valence-corrected chi connectivity index (χ0v) is 17.0. The SMILES string of the molecule is COc1ccc(C2CN(C3N=C(c4ccncc4)C=CN3C)CCO2)c(OC)c1. The van der Waals surface area contributed by atoms with Gasteiger partial charge in [0.25, 0.3) is 0 Å². The molecule has 7 heteroatoms. The zero-order valence-electron chi connectivity index (χ0n) is 17.0. The van der Waals surface area contributed by atoms with Crippen molar-refractivity contribution in [3.8, 4) is 11.5 Å². The van der Waals surface area contributed by atoms with E-state index in [1.54, 1.807) is 26.6 Å². The summed E-state index contributed by atoms with van der Waals surface area (Å²) in [7, 11) is 5.37. The summed E-state index contributed by atoms with van der Waals surface area (Å²) in [4.78, 5) is 13.6. The fourth-order valence-corrected chi connectivity index (χ4v) is 3.71. The Morgan fingerprint density at radius 1 is 1.10 bits per heavy atom. The average molecular weight is 394 g/mol. The molecule has 0 N–H and O–H groups in total. The number of hydrogen-bond acceptors (Lipinski definition) is 7. The Hall–Kier alpha value is -2.90. The largest absolute Gasteiger partial charge is 0.497 e. The Bertz CT molecular complexity index is 900. The van der Waals surface area contributed by atoms with Gasteiger partial charge in [0.2, 0.25) is 0 Å². The van der Waals surface area contributed by atoms with E-state index >= 15 is 0 Å². The number of pyridine rings is 1. The summed E-state index contributed by atoms with van der Waals surface area (Å²) in [5, 5.41) is 0. The second-order valence-corrected chi connectivity index (χ2v) is 7.04. The minimum Gasteiger partial charge on any atom is -0.497 e. The number of benzene rings is 1. The van der Waals surface area contributed by atoms with Crippen molar-refractivity contribution < 1.29 is 14.2 Å². The standard InChI is InChI=1S/C22H26N4O3/c1-25-11-8-19(16-6-9-23-10-7-16)24-22(25)26-12-13-29-21(15-26)18-5-4-17(27-2)14-20(18)28-3/h4-11,14,21-22H,12-13,15H2,1-3H3. The minimum absolute atomic E-state index is 0.0844. The Labute approximate surface area is 171 Å². The van der Waals surface area contributed by atoms with Crippen LogP contribution in [0.5, 0.6) is 11.5 Å². The van der Waals surface area contributed by atoms with Crippen molar-refractivity contribution in [1.29, 1.82) is 0 Å². The van der Waals surface area contributed by atoms with Crippen LogP contribution < -0.4 is 9.47 Å². The van der Waals surface area contributed by atoms with Crippen LogP contribution in [0.15, 0.2) is 60.0 Å². The third-order valence-corrected chi connectivity index (χ3v) is 5.27. The Morgan fingerprint density at radius 2 is 1.93 bits per heavy atom. The first-order valence-electron chi connectivity index (χ1n) is 9.65.